The number of carbonyl (C=O) groups excluding carboxylic acids is 2. The molecule has 1 aliphatic rings. The Morgan fingerprint density at radius 3 is 1.90 bits per heavy atom. The summed E-state index contributed by atoms with van der Waals surface area (Å²) in [5, 5.41) is -1.42. The Labute approximate surface area is 174 Å². The second kappa shape index (κ2) is 8.18. The van der Waals surface area contributed by atoms with E-state index in [0.717, 1.165) is 17.7 Å². The highest BCUT2D eigenvalue weighted by Gasteiger charge is 2.81. The third-order valence-corrected chi connectivity index (χ3v) is 7.51. The van der Waals surface area contributed by atoms with Gasteiger partial charge >= 0.3 is 11.9 Å². The molecular formula is C22H23FO6S. The molecular weight excluding hydrogens is 411 g/mol. The summed E-state index contributed by atoms with van der Waals surface area (Å²) in [7, 11) is -4.12. The second-order valence-corrected chi connectivity index (χ2v) is 9.19. The van der Waals surface area contributed by atoms with Gasteiger partial charge in [0.05, 0.1) is 18.1 Å². The lowest BCUT2D eigenvalue weighted by molar-refractivity contribution is -0.164. The Hall–Kier alpha value is -2.74. The van der Waals surface area contributed by atoms with Crippen molar-refractivity contribution in [2.45, 2.75) is 36.8 Å². The number of esters is 2. The molecule has 160 valence electrons. The summed E-state index contributed by atoms with van der Waals surface area (Å²) in [6, 6.07) is 11.2. The maximum atomic E-state index is 13.5. The maximum Gasteiger partial charge on any atom is 0.325 e. The average Bonchev–Trinajstić information content (AvgIpc) is 3.42. The average molecular weight is 434 g/mol. The lowest BCUT2D eigenvalue weighted by atomic mass is 9.99. The largest absolute Gasteiger partial charge is 0.465 e. The highest BCUT2D eigenvalue weighted by Crippen LogP contribution is 2.65. The fourth-order valence-corrected chi connectivity index (χ4v) is 6.12. The van der Waals surface area contributed by atoms with E-state index in [0.29, 0.717) is 5.56 Å². The van der Waals surface area contributed by atoms with Crippen molar-refractivity contribution < 1.29 is 31.9 Å². The summed E-state index contributed by atoms with van der Waals surface area (Å²) in [5.74, 6) is -3.49. The molecule has 0 aliphatic heterocycles. The fraction of sp³-hybridized carbons (Fsp3) is 0.364. The van der Waals surface area contributed by atoms with Crippen LogP contribution >= 0.6 is 0 Å². The minimum Gasteiger partial charge on any atom is -0.465 e. The number of halogens is 1. The van der Waals surface area contributed by atoms with Crippen molar-refractivity contribution in [3.8, 4) is 0 Å². The van der Waals surface area contributed by atoms with Crippen LogP contribution in [0.25, 0.3) is 0 Å². The van der Waals surface area contributed by atoms with Crippen LogP contribution < -0.4 is 0 Å². The number of sulfone groups is 1. The number of aryl methyl sites for hydroxylation is 1. The molecule has 30 heavy (non-hydrogen) atoms. The third kappa shape index (κ3) is 3.49. The van der Waals surface area contributed by atoms with Gasteiger partial charge in [0.25, 0.3) is 0 Å². The molecule has 2 aromatic carbocycles. The number of hydrogen-bond donors (Lipinski definition) is 0. The van der Waals surface area contributed by atoms with Crippen LogP contribution in [0.4, 0.5) is 4.39 Å². The van der Waals surface area contributed by atoms with Crippen molar-refractivity contribution in [3.63, 3.8) is 0 Å². The van der Waals surface area contributed by atoms with Gasteiger partial charge in [0, 0.05) is 5.92 Å². The van der Waals surface area contributed by atoms with E-state index in [9.17, 15) is 22.4 Å². The van der Waals surface area contributed by atoms with Gasteiger partial charge in [0.1, 0.15) is 11.1 Å². The molecule has 1 saturated carbocycles. The zero-order valence-corrected chi connectivity index (χ0v) is 17.7. The number of ether oxygens (including phenoxy) is 2. The minimum atomic E-state index is -4.12. The Bertz CT molecular complexity index is 1030. The molecule has 0 radical (unpaired) electrons. The van der Waals surface area contributed by atoms with Crippen molar-refractivity contribution in [1.29, 1.82) is 0 Å². The molecule has 2 aromatic rings. The molecule has 0 spiro atoms. The molecule has 2 atom stereocenters. The molecule has 1 fully saturated rings. The third-order valence-electron chi connectivity index (χ3n) is 5.27. The SMILES string of the molecule is CCOC(=O)C1(C(=O)OCC)[C@H](c2ccc(F)cc2)[C@@H]1S(=O)(=O)c1ccc(C)cc1. The highest BCUT2D eigenvalue weighted by molar-refractivity contribution is 7.92. The van der Waals surface area contributed by atoms with E-state index in [4.69, 9.17) is 9.47 Å². The quantitative estimate of drug-likeness (QED) is 0.491. The maximum absolute atomic E-state index is 13.5. The van der Waals surface area contributed by atoms with Crippen molar-refractivity contribution in [2.24, 2.45) is 5.41 Å². The number of carbonyl (C=O) groups is 2. The second-order valence-electron chi connectivity index (χ2n) is 7.12. The van der Waals surface area contributed by atoms with E-state index in [1.807, 2.05) is 6.92 Å². The lowest BCUT2D eigenvalue weighted by Crippen LogP contribution is -2.35. The predicted molar refractivity (Wildman–Crippen MR) is 107 cm³/mol. The van der Waals surface area contributed by atoms with Gasteiger partial charge in [-0.1, -0.05) is 29.8 Å². The summed E-state index contributed by atoms with van der Waals surface area (Å²) in [4.78, 5) is 25.9. The number of benzene rings is 2. The Morgan fingerprint density at radius 2 is 1.43 bits per heavy atom. The first kappa shape index (κ1) is 22.0. The molecule has 0 aromatic heterocycles. The van der Waals surface area contributed by atoms with Crippen molar-refractivity contribution in [3.05, 3.63) is 65.5 Å². The zero-order valence-electron chi connectivity index (χ0n) is 16.9. The van der Waals surface area contributed by atoms with E-state index in [2.05, 4.69) is 0 Å². The van der Waals surface area contributed by atoms with Crippen molar-refractivity contribution in [2.75, 3.05) is 13.2 Å². The first-order chi connectivity index (χ1) is 14.2. The summed E-state index contributed by atoms with van der Waals surface area (Å²) in [5.41, 5.74) is -0.840. The molecule has 0 heterocycles. The number of rotatable bonds is 7. The standard InChI is InChI=1S/C22H23FO6S/c1-4-28-20(24)22(21(25)29-5-2)18(15-8-10-16(23)11-9-15)19(22)30(26,27)17-12-6-14(3)7-13-17/h6-13,18-19H,4-5H2,1-3H3/t18-,19+/m1/s1. The van der Waals surface area contributed by atoms with E-state index in [1.54, 1.807) is 26.0 Å². The normalized spacial score (nSPS) is 19.7. The first-order valence-corrected chi connectivity index (χ1v) is 11.2. The minimum absolute atomic E-state index is 0.0133. The van der Waals surface area contributed by atoms with Gasteiger partial charge in [-0.25, -0.2) is 12.8 Å². The molecule has 6 nitrogen and oxygen atoms in total. The first-order valence-electron chi connectivity index (χ1n) is 9.61. The van der Waals surface area contributed by atoms with Crippen LogP contribution in [0.15, 0.2) is 53.4 Å². The van der Waals surface area contributed by atoms with E-state index < -0.39 is 44.2 Å². The molecule has 0 N–H and O–H groups in total. The fourth-order valence-electron chi connectivity index (χ4n) is 3.83. The van der Waals surface area contributed by atoms with Crippen LogP contribution in [0.3, 0.4) is 0 Å². The molecule has 0 bridgehead atoms. The summed E-state index contributed by atoms with van der Waals surface area (Å²) in [6.07, 6.45) is 0. The van der Waals surface area contributed by atoms with Crippen LogP contribution in [0.5, 0.6) is 0 Å². The van der Waals surface area contributed by atoms with Gasteiger partial charge in [0.15, 0.2) is 15.3 Å². The molecule has 0 saturated heterocycles. The molecule has 0 amide bonds. The summed E-state index contributed by atoms with van der Waals surface area (Å²) >= 11 is 0. The van der Waals surface area contributed by atoms with Gasteiger partial charge in [-0.15, -0.1) is 0 Å². The van der Waals surface area contributed by atoms with Gasteiger partial charge < -0.3 is 9.47 Å². The topological polar surface area (TPSA) is 86.7 Å². The van der Waals surface area contributed by atoms with Gasteiger partial charge in [-0.2, -0.15) is 0 Å². The van der Waals surface area contributed by atoms with Crippen LogP contribution in [-0.4, -0.2) is 38.8 Å². The number of hydrogen-bond acceptors (Lipinski definition) is 6. The molecule has 1 aliphatic carbocycles. The van der Waals surface area contributed by atoms with Crippen molar-refractivity contribution >= 4 is 21.8 Å². The molecule has 8 heteroatoms. The van der Waals surface area contributed by atoms with Crippen LogP contribution in [0.2, 0.25) is 0 Å². The Morgan fingerprint density at radius 1 is 0.933 bits per heavy atom. The lowest BCUT2D eigenvalue weighted by Gasteiger charge is -2.15. The van der Waals surface area contributed by atoms with E-state index in [-0.39, 0.29) is 18.1 Å². The summed E-state index contributed by atoms with van der Waals surface area (Å²) < 4.78 is 50.7. The van der Waals surface area contributed by atoms with Crippen molar-refractivity contribution in [1.82, 2.24) is 0 Å². The van der Waals surface area contributed by atoms with Crippen LogP contribution in [-0.2, 0) is 28.9 Å². The molecule has 3 rings (SSSR count). The van der Waals surface area contributed by atoms with Crippen LogP contribution in [0, 0.1) is 18.2 Å². The van der Waals surface area contributed by atoms with E-state index >= 15 is 0 Å². The Kier molecular flexibility index (Phi) is 5.99. The monoisotopic (exact) mass is 434 g/mol. The van der Waals surface area contributed by atoms with Gasteiger partial charge in [-0.05, 0) is 50.6 Å². The van der Waals surface area contributed by atoms with Crippen LogP contribution in [0.1, 0.15) is 30.9 Å². The predicted octanol–water partition coefficient (Wildman–Crippen LogP) is 3.19. The zero-order chi connectivity index (χ0) is 22.1. The van der Waals surface area contributed by atoms with Gasteiger partial charge in [0.2, 0.25) is 0 Å². The smallest absolute Gasteiger partial charge is 0.325 e. The molecule has 0 unspecified atom stereocenters. The Balaban J connectivity index is 2.19. The van der Waals surface area contributed by atoms with Gasteiger partial charge in [-0.3, -0.25) is 9.59 Å². The highest BCUT2D eigenvalue weighted by atomic mass is 32.2. The van der Waals surface area contributed by atoms with E-state index in [1.165, 1.54) is 24.3 Å². The summed E-state index contributed by atoms with van der Waals surface area (Å²) in [6.45, 7) is 4.88.